The molecule has 1 aliphatic rings. The van der Waals surface area contributed by atoms with E-state index in [0.29, 0.717) is 0 Å². The van der Waals surface area contributed by atoms with Gasteiger partial charge in [0.2, 0.25) is 5.91 Å². The van der Waals surface area contributed by atoms with Crippen LogP contribution in [0.3, 0.4) is 0 Å². The fraction of sp³-hybridized carbons (Fsp3) is 0.462. The lowest BCUT2D eigenvalue weighted by molar-refractivity contribution is -0.122. The number of nitrogens with one attached hydrogen (secondary N) is 2. The minimum Gasteiger partial charge on any atom is -0.355 e. The van der Waals surface area contributed by atoms with Gasteiger partial charge < -0.3 is 5.32 Å². The second-order valence-corrected chi connectivity index (χ2v) is 5.76. The molecule has 1 aliphatic heterocycles. The Labute approximate surface area is 117 Å². The van der Waals surface area contributed by atoms with Crippen molar-refractivity contribution in [1.82, 2.24) is 10.6 Å². The van der Waals surface area contributed by atoms with Crippen molar-refractivity contribution in [2.24, 2.45) is 0 Å². The highest BCUT2D eigenvalue weighted by Gasteiger charge is 2.21. The molecule has 98 valence electrons. The van der Waals surface area contributed by atoms with Crippen LogP contribution in [0.2, 0.25) is 5.02 Å². The topological polar surface area (TPSA) is 41.1 Å². The van der Waals surface area contributed by atoms with Crippen molar-refractivity contribution >= 4 is 29.3 Å². The second kappa shape index (κ2) is 7.02. The van der Waals surface area contributed by atoms with Gasteiger partial charge in [-0.3, -0.25) is 10.1 Å². The molecule has 1 unspecified atom stereocenters. The number of carbonyl (C=O) groups excluding carboxylic acids is 1. The molecule has 1 amide bonds. The molecule has 0 spiro atoms. The fourth-order valence-electron chi connectivity index (χ4n) is 1.84. The number of benzene rings is 1. The summed E-state index contributed by atoms with van der Waals surface area (Å²) >= 11 is 7.58. The maximum absolute atomic E-state index is 11.7. The molecule has 0 aliphatic carbocycles. The van der Waals surface area contributed by atoms with Crippen molar-refractivity contribution in [2.45, 2.75) is 18.9 Å². The first-order chi connectivity index (χ1) is 8.75. The largest absolute Gasteiger partial charge is 0.355 e. The smallest absolute Gasteiger partial charge is 0.238 e. The van der Waals surface area contributed by atoms with E-state index >= 15 is 0 Å². The van der Waals surface area contributed by atoms with Gasteiger partial charge in [-0.15, -0.1) is 11.8 Å². The molecule has 1 heterocycles. The van der Waals surface area contributed by atoms with Gasteiger partial charge in [0.15, 0.2) is 0 Å². The Morgan fingerprint density at radius 1 is 1.44 bits per heavy atom. The number of hydrogen-bond donors (Lipinski definition) is 2. The summed E-state index contributed by atoms with van der Waals surface area (Å²) in [6.45, 7) is 0.726. The summed E-state index contributed by atoms with van der Waals surface area (Å²) in [5.41, 5.74) is 1.25. The van der Waals surface area contributed by atoms with Gasteiger partial charge in [0.1, 0.15) is 0 Å². The van der Waals surface area contributed by atoms with Gasteiger partial charge in [0, 0.05) is 23.2 Å². The van der Waals surface area contributed by atoms with Gasteiger partial charge in [-0.2, -0.15) is 0 Å². The van der Waals surface area contributed by atoms with E-state index < -0.39 is 0 Å². The number of amides is 1. The summed E-state index contributed by atoms with van der Waals surface area (Å²) in [6.07, 6.45) is 1.91. The Kier molecular flexibility index (Phi) is 5.35. The number of hydrogen-bond acceptors (Lipinski definition) is 3. The summed E-state index contributed by atoms with van der Waals surface area (Å²) in [4.78, 5) is 11.7. The Hall–Kier alpha value is -0.710. The molecular weight excluding hydrogens is 268 g/mol. The molecule has 0 saturated carbocycles. The molecule has 0 radical (unpaired) electrons. The average molecular weight is 285 g/mol. The van der Waals surface area contributed by atoms with Crippen molar-refractivity contribution in [3.63, 3.8) is 0 Å². The average Bonchev–Trinajstić information content (AvgIpc) is 2.90. The summed E-state index contributed by atoms with van der Waals surface area (Å²) in [5, 5.41) is 6.88. The standard InChI is InChI=1S/C13H17ClN2OS/c14-11-5-3-10(4-6-11)2-1-7-15-13(17)12-8-18-9-16-12/h3-6,12,16H,1-2,7-9H2,(H,15,17). The minimum absolute atomic E-state index is 0.00877. The van der Waals surface area contributed by atoms with Gasteiger partial charge in [0.25, 0.3) is 0 Å². The molecule has 0 bridgehead atoms. The number of carbonyl (C=O) groups is 1. The van der Waals surface area contributed by atoms with Crippen LogP contribution < -0.4 is 10.6 Å². The Morgan fingerprint density at radius 2 is 2.22 bits per heavy atom. The molecule has 18 heavy (non-hydrogen) atoms. The van der Waals surface area contributed by atoms with Crippen molar-refractivity contribution < 1.29 is 4.79 Å². The third-order valence-corrected chi connectivity index (χ3v) is 4.08. The third-order valence-electron chi connectivity index (χ3n) is 2.89. The van der Waals surface area contributed by atoms with Crippen LogP contribution in [0, 0.1) is 0 Å². The first-order valence-corrected chi connectivity index (χ1v) is 7.62. The zero-order valence-corrected chi connectivity index (χ0v) is 11.7. The van der Waals surface area contributed by atoms with Crippen LogP contribution in [0.25, 0.3) is 0 Å². The molecular formula is C13H17ClN2OS. The van der Waals surface area contributed by atoms with Crippen LogP contribution in [-0.4, -0.2) is 30.1 Å². The van der Waals surface area contributed by atoms with Crippen LogP contribution in [0.4, 0.5) is 0 Å². The lowest BCUT2D eigenvalue weighted by atomic mass is 10.1. The van der Waals surface area contributed by atoms with E-state index in [4.69, 9.17) is 11.6 Å². The number of halogens is 1. The number of thioether (sulfide) groups is 1. The lowest BCUT2D eigenvalue weighted by Gasteiger charge is -2.10. The predicted octanol–water partition coefficient (Wildman–Crippen LogP) is 2.05. The normalized spacial score (nSPS) is 18.8. The molecule has 3 nitrogen and oxygen atoms in total. The summed E-state index contributed by atoms with van der Waals surface area (Å²) in [6, 6.07) is 7.84. The van der Waals surface area contributed by atoms with Crippen molar-refractivity contribution in [3.05, 3.63) is 34.9 Å². The highest BCUT2D eigenvalue weighted by Crippen LogP contribution is 2.11. The second-order valence-electron chi connectivity index (χ2n) is 4.29. The minimum atomic E-state index is -0.00877. The van der Waals surface area contributed by atoms with Crippen molar-refractivity contribution in [1.29, 1.82) is 0 Å². The quantitative estimate of drug-likeness (QED) is 0.813. The van der Waals surface area contributed by atoms with Crippen molar-refractivity contribution in [3.8, 4) is 0 Å². The van der Waals surface area contributed by atoms with E-state index in [1.165, 1.54) is 5.56 Å². The SMILES string of the molecule is O=C(NCCCc1ccc(Cl)cc1)C1CSCN1. The molecule has 1 fully saturated rings. The van der Waals surface area contributed by atoms with Crippen LogP contribution >= 0.6 is 23.4 Å². The van der Waals surface area contributed by atoms with Crippen LogP contribution in [0.15, 0.2) is 24.3 Å². The highest BCUT2D eigenvalue weighted by molar-refractivity contribution is 7.99. The Balaban J connectivity index is 1.63. The van der Waals surface area contributed by atoms with Gasteiger partial charge >= 0.3 is 0 Å². The third kappa shape index (κ3) is 4.19. The summed E-state index contributed by atoms with van der Waals surface area (Å²) < 4.78 is 0. The zero-order chi connectivity index (χ0) is 12.8. The Morgan fingerprint density at radius 3 is 2.89 bits per heavy atom. The first-order valence-electron chi connectivity index (χ1n) is 6.09. The molecule has 1 atom stereocenters. The molecule has 1 saturated heterocycles. The highest BCUT2D eigenvalue weighted by atomic mass is 35.5. The first kappa shape index (κ1) is 13.7. The van der Waals surface area contributed by atoms with Crippen LogP contribution in [0.1, 0.15) is 12.0 Å². The monoisotopic (exact) mass is 284 g/mol. The van der Waals surface area contributed by atoms with Crippen LogP contribution in [0.5, 0.6) is 0 Å². The van der Waals surface area contributed by atoms with Gasteiger partial charge in [-0.05, 0) is 30.5 Å². The van der Waals surface area contributed by atoms with E-state index in [1.54, 1.807) is 11.8 Å². The Bertz CT molecular complexity index is 390. The number of aryl methyl sites for hydroxylation is 1. The van der Waals surface area contributed by atoms with Gasteiger partial charge in [0.05, 0.1) is 6.04 Å². The van der Waals surface area contributed by atoms with E-state index in [0.717, 1.165) is 36.0 Å². The zero-order valence-electron chi connectivity index (χ0n) is 10.1. The van der Waals surface area contributed by atoms with Crippen LogP contribution in [-0.2, 0) is 11.2 Å². The van der Waals surface area contributed by atoms with Crippen molar-refractivity contribution in [2.75, 3.05) is 18.2 Å². The summed E-state index contributed by atoms with van der Waals surface area (Å²) in [5.74, 6) is 1.88. The maximum atomic E-state index is 11.7. The van der Waals surface area contributed by atoms with Gasteiger partial charge in [-0.1, -0.05) is 23.7 Å². The van der Waals surface area contributed by atoms with E-state index in [1.807, 2.05) is 24.3 Å². The van der Waals surface area contributed by atoms with E-state index in [9.17, 15) is 4.79 Å². The molecule has 1 aromatic carbocycles. The van der Waals surface area contributed by atoms with E-state index in [-0.39, 0.29) is 11.9 Å². The maximum Gasteiger partial charge on any atom is 0.238 e. The molecule has 1 aromatic rings. The van der Waals surface area contributed by atoms with E-state index in [2.05, 4.69) is 10.6 Å². The van der Waals surface area contributed by atoms with Gasteiger partial charge in [-0.25, -0.2) is 0 Å². The fourth-order valence-corrected chi connectivity index (χ4v) is 2.91. The summed E-state index contributed by atoms with van der Waals surface area (Å²) in [7, 11) is 0. The number of rotatable bonds is 5. The molecule has 0 aromatic heterocycles. The molecule has 2 N–H and O–H groups in total. The molecule has 5 heteroatoms. The molecule has 2 rings (SSSR count). The predicted molar refractivity (Wildman–Crippen MR) is 77.0 cm³/mol. The lowest BCUT2D eigenvalue weighted by Crippen LogP contribution is -2.42.